The van der Waals surface area contributed by atoms with E-state index in [1.807, 2.05) is 0 Å². The number of ether oxygens (including phenoxy) is 5. The monoisotopic (exact) mass is 476 g/mol. The van der Waals surface area contributed by atoms with Gasteiger partial charge in [-0.3, -0.25) is 0 Å². The summed E-state index contributed by atoms with van der Waals surface area (Å²) >= 11 is 0. The first-order valence-corrected chi connectivity index (χ1v) is 12.0. The maximum absolute atomic E-state index is 11.1. The molecule has 3 saturated heterocycles. The van der Waals surface area contributed by atoms with E-state index in [1.165, 1.54) is 0 Å². The molecule has 3 aliphatic heterocycles. The average molecular weight is 477 g/mol. The Morgan fingerprint density at radius 3 is 2.27 bits per heavy atom. The van der Waals surface area contributed by atoms with Gasteiger partial charge in [-0.15, -0.1) is 0 Å². The van der Waals surface area contributed by atoms with E-state index >= 15 is 0 Å². The van der Waals surface area contributed by atoms with Crippen LogP contribution in [0.5, 0.6) is 0 Å². The Bertz CT molecular complexity index is 625. The van der Waals surface area contributed by atoms with Crippen molar-refractivity contribution in [3.63, 3.8) is 0 Å². The summed E-state index contributed by atoms with van der Waals surface area (Å²) in [5.74, 6) is 0. The third kappa shape index (κ3) is 5.68. The van der Waals surface area contributed by atoms with Gasteiger partial charge >= 0.3 is 0 Å². The number of fused-ring (bicyclic) bond motifs is 1. The van der Waals surface area contributed by atoms with Crippen molar-refractivity contribution >= 4 is 0 Å². The van der Waals surface area contributed by atoms with Crippen molar-refractivity contribution in [3.8, 4) is 0 Å². The first-order valence-electron chi connectivity index (χ1n) is 12.0. The van der Waals surface area contributed by atoms with Crippen LogP contribution in [0, 0.1) is 0 Å². The van der Waals surface area contributed by atoms with Crippen molar-refractivity contribution in [2.24, 2.45) is 17.2 Å². The minimum atomic E-state index is -1.06. The quantitative estimate of drug-likeness (QED) is 0.208. The van der Waals surface area contributed by atoms with E-state index in [2.05, 4.69) is 5.32 Å². The summed E-state index contributed by atoms with van der Waals surface area (Å²) in [7, 11) is 1.67. The summed E-state index contributed by atoms with van der Waals surface area (Å²) in [4.78, 5) is 0. The van der Waals surface area contributed by atoms with Crippen LogP contribution in [0.2, 0.25) is 0 Å². The summed E-state index contributed by atoms with van der Waals surface area (Å²) < 4.78 is 29.9. The highest BCUT2D eigenvalue weighted by Gasteiger charge is 2.52. The predicted octanol–water partition coefficient (Wildman–Crippen LogP) is -2.80. The van der Waals surface area contributed by atoms with Crippen LogP contribution in [0.25, 0.3) is 0 Å². The van der Waals surface area contributed by atoms with Crippen LogP contribution in [0.1, 0.15) is 38.5 Å². The first kappa shape index (κ1) is 25.6. The molecule has 12 heteroatoms. The largest absolute Gasteiger partial charge is 0.394 e. The second kappa shape index (κ2) is 11.1. The van der Waals surface area contributed by atoms with E-state index in [0.29, 0.717) is 6.42 Å². The summed E-state index contributed by atoms with van der Waals surface area (Å²) in [6.45, 7) is -0.293. The lowest BCUT2D eigenvalue weighted by atomic mass is 9.90. The molecular formula is C21H40N4O8. The van der Waals surface area contributed by atoms with Gasteiger partial charge in [0.15, 0.2) is 18.9 Å². The van der Waals surface area contributed by atoms with Gasteiger partial charge in [-0.25, -0.2) is 0 Å². The lowest BCUT2D eigenvalue weighted by Gasteiger charge is -2.50. The Morgan fingerprint density at radius 2 is 1.61 bits per heavy atom. The van der Waals surface area contributed by atoms with Crippen LogP contribution < -0.4 is 22.5 Å². The van der Waals surface area contributed by atoms with Crippen molar-refractivity contribution in [2.45, 2.75) is 118 Å². The fraction of sp³-hybridized carbons (Fsp3) is 1.00. The number of rotatable bonds is 6. The highest BCUT2D eigenvalue weighted by molar-refractivity contribution is 4.99. The third-order valence-corrected chi connectivity index (χ3v) is 7.26. The van der Waals surface area contributed by atoms with Crippen LogP contribution in [0.15, 0.2) is 0 Å². The van der Waals surface area contributed by atoms with Gasteiger partial charge in [0.25, 0.3) is 0 Å². The molecule has 0 spiro atoms. The molecule has 1 aliphatic carbocycles. The Morgan fingerprint density at radius 1 is 0.879 bits per heavy atom. The molecule has 7 unspecified atom stereocenters. The highest BCUT2D eigenvalue weighted by Crippen LogP contribution is 2.35. The molecule has 0 bridgehead atoms. The van der Waals surface area contributed by atoms with Gasteiger partial charge in [0.05, 0.1) is 37.0 Å². The molecule has 192 valence electrons. The summed E-state index contributed by atoms with van der Waals surface area (Å²) in [6, 6.07) is -1.39. The molecule has 0 amide bonds. The Balaban J connectivity index is 1.39. The Labute approximate surface area is 194 Å². The van der Waals surface area contributed by atoms with Crippen LogP contribution in [-0.2, 0) is 23.7 Å². The van der Waals surface area contributed by atoms with Gasteiger partial charge in [-0.1, -0.05) is 0 Å². The molecule has 12 nitrogen and oxygen atoms in total. The zero-order valence-corrected chi connectivity index (χ0v) is 19.1. The second-order valence-electron chi connectivity index (χ2n) is 9.72. The number of aliphatic hydroxyl groups is 3. The van der Waals surface area contributed by atoms with Crippen LogP contribution in [0.4, 0.5) is 0 Å². The van der Waals surface area contributed by atoms with E-state index < -0.39 is 67.5 Å². The summed E-state index contributed by atoms with van der Waals surface area (Å²) in [5.41, 5.74) is 18.2. The van der Waals surface area contributed by atoms with Gasteiger partial charge in [0, 0.05) is 12.1 Å². The molecular weight excluding hydrogens is 436 g/mol. The van der Waals surface area contributed by atoms with Crippen molar-refractivity contribution in [1.29, 1.82) is 0 Å². The predicted molar refractivity (Wildman–Crippen MR) is 116 cm³/mol. The average Bonchev–Trinajstić information content (AvgIpc) is 2.78. The fourth-order valence-corrected chi connectivity index (χ4v) is 5.22. The number of likely N-dealkylation sites (N-methyl/N-ethyl adjacent to an activating group) is 1. The van der Waals surface area contributed by atoms with E-state index in [1.54, 1.807) is 7.05 Å². The van der Waals surface area contributed by atoms with Gasteiger partial charge in [0.1, 0.15) is 18.3 Å². The molecule has 4 fully saturated rings. The molecule has 3 heterocycles. The van der Waals surface area contributed by atoms with Gasteiger partial charge in [-0.2, -0.15) is 0 Å². The van der Waals surface area contributed by atoms with E-state index in [4.69, 9.17) is 40.9 Å². The maximum Gasteiger partial charge on any atom is 0.187 e. The fourth-order valence-electron chi connectivity index (χ4n) is 5.22. The lowest BCUT2D eigenvalue weighted by Crippen LogP contribution is -2.68. The Kier molecular flexibility index (Phi) is 8.58. The van der Waals surface area contributed by atoms with Crippen molar-refractivity contribution in [2.75, 3.05) is 13.7 Å². The minimum absolute atomic E-state index is 0.0333. The van der Waals surface area contributed by atoms with Gasteiger partial charge in [-0.05, 0) is 45.6 Å². The normalized spacial score (nSPS) is 51.2. The molecule has 10 N–H and O–H groups in total. The number of hydrogen-bond acceptors (Lipinski definition) is 12. The van der Waals surface area contributed by atoms with Gasteiger partial charge < -0.3 is 61.5 Å². The smallest absolute Gasteiger partial charge is 0.187 e. The third-order valence-electron chi connectivity index (χ3n) is 7.26. The molecule has 0 aromatic carbocycles. The molecule has 11 atom stereocenters. The zero-order chi connectivity index (χ0) is 23.7. The SMILES string of the molecule is CNC1C(O[C@H]2OC(CO)[C@@H](N)CC2O)O[C@H]2CC(N)[C@@H](OC3CCC(N)CC3)OC2C1O. The number of hydrogen-bond donors (Lipinski definition) is 7. The topological polar surface area (TPSA) is 197 Å². The number of nitrogens with one attached hydrogen (secondary N) is 1. The Hall–Kier alpha value is -0.480. The molecule has 0 aromatic rings. The van der Waals surface area contributed by atoms with Crippen molar-refractivity contribution < 1.29 is 39.0 Å². The maximum atomic E-state index is 11.1. The van der Waals surface area contributed by atoms with Gasteiger partial charge in [0.2, 0.25) is 0 Å². The first-order chi connectivity index (χ1) is 15.8. The minimum Gasteiger partial charge on any atom is -0.394 e. The van der Waals surface area contributed by atoms with Crippen molar-refractivity contribution in [3.05, 3.63) is 0 Å². The second-order valence-corrected chi connectivity index (χ2v) is 9.72. The van der Waals surface area contributed by atoms with Crippen molar-refractivity contribution in [1.82, 2.24) is 5.32 Å². The summed E-state index contributed by atoms with van der Waals surface area (Å²) in [6.07, 6.45) is -2.28. The van der Waals surface area contributed by atoms with E-state index in [0.717, 1.165) is 25.7 Å². The highest BCUT2D eigenvalue weighted by atomic mass is 16.8. The number of nitrogens with two attached hydrogens (primary N) is 3. The van der Waals surface area contributed by atoms with E-state index in [9.17, 15) is 15.3 Å². The summed E-state index contributed by atoms with van der Waals surface area (Å²) in [5, 5.41) is 33.9. The zero-order valence-electron chi connectivity index (χ0n) is 19.1. The molecule has 4 aliphatic rings. The molecule has 0 aromatic heterocycles. The van der Waals surface area contributed by atoms with Crippen LogP contribution >= 0.6 is 0 Å². The van der Waals surface area contributed by atoms with Crippen LogP contribution in [0.3, 0.4) is 0 Å². The number of aliphatic hydroxyl groups excluding tert-OH is 3. The molecule has 33 heavy (non-hydrogen) atoms. The van der Waals surface area contributed by atoms with E-state index in [-0.39, 0.29) is 25.2 Å². The molecule has 4 rings (SSSR count). The molecule has 0 radical (unpaired) electrons. The standard InChI is InChI=1S/C21H40N4O8/c1-25-16-17(28)18-14(7-12(24)19(32-18)29-10-4-2-9(22)3-5-10)30-21(16)33-20-13(27)6-11(23)15(8-26)31-20/h9-21,25-28H,2-8,22-24H2,1H3/t9?,10?,11-,12?,13?,14-,15?,16?,17?,18?,19-,20+,21?/m0/s1. The van der Waals surface area contributed by atoms with Crippen LogP contribution in [-0.4, -0.2) is 109 Å². The lowest BCUT2D eigenvalue weighted by molar-refractivity contribution is -0.365. The molecule has 1 saturated carbocycles.